The van der Waals surface area contributed by atoms with E-state index in [-0.39, 0.29) is 15.6 Å². The third-order valence-corrected chi connectivity index (χ3v) is 4.20. The standard InChI is InChI=1S/C16H14Cl2FN3O2/c17-11-9-12(18)13(19)8-10(11)16(23)21-14-2-1-3-20-15(14)22-4-6-24-7-5-22/h1-3,8-9H,4-7H2,(H,21,23). The average molecular weight is 370 g/mol. The average Bonchev–Trinajstić information content (AvgIpc) is 2.59. The minimum absolute atomic E-state index is 0.00958. The van der Waals surface area contributed by atoms with Crippen LogP contribution in [0.1, 0.15) is 10.4 Å². The van der Waals surface area contributed by atoms with Gasteiger partial charge >= 0.3 is 0 Å². The molecule has 2 heterocycles. The molecule has 0 aliphatic carbocycles. The van der Waals surface area contributed by atoms with E-state index in [0.717, 1.165) is 6.07 Å². The van der Waals surface area contributed by atoms with Gasteiger partial charge < -0.3 is 15.0 Å². The predicted molar refractivity (Wildman–Crippen MR) is 91.6 cm³/mol. The zero-order chi connectivity index (χ0) is 17.1. The number of ether oxygens (including phenoxy) is 1. The summed E-state index contributed by atoms with van der Waals surface area (Å²) in [6, 6.07) is 5.67. The SMILES string of the molecule is O=C(Nc1cccnc1N1CCOCC1)c1cc(F)c(Cl)cc1Cl. The molecule has 1 aromatic heterocycles. The number of halogens is 3. The van der Waals surface area contributed by atoms with Crippen molar-refractivity contribution in [3.63, 3.8) is 0 Å². The Morgan fingerprint density at radius 1 is 1.25 bits per heavy atom. The van der Waals surface area contributed by atoms with Crippen LogP contribution in [0.2, 0.25) is 10.0 Å². The first-order valence-electron chi connectivity index (χ1n) is 7.30. The molecule has 0 saturated carbocycles. The summed E-state index contributed by atoms with van der Waals surface area (Å²) < 4.78 is 18.9. The van der Waals surface area contributed by atoms with Gasteiger partial charge in [0.1, 0.15) is 5.82 Å². The van der Waals surface area contributed by atoms with E-state index in [2.05, 4.69) is 10.3 Å². The molecule has 0 bridgehead atoms. The quantitative estimate of drug-likeness (QED) is 0.839. The van der Waals surface area contributed by atoms with Crippen molar-refractivity contribution >= 4 is 40.6 Å². The van der Waals surface area contributed by atoms with E-state index < -0.39 is 11.7 Å². The van der Waals surface area contributed by atoms with Crippen LogP contribution in [0.5, 0.6) is 0 Å². The van der Waals surface area contributed by atoms with Crippen molar-refractivity contribution in [3.8, 4) is 0 Å². The van der Waals surface area contributed by atoms with Crippen LogP contribution >= 0.6 is 23.2 Å². The van der Waals surface area contributed by atoms with Gasteiger partial charge in [0.25, 0.3) is 5.91 Å². The van der Waals surface area contributed by atoms with Crippen LogP contribution in [-0.4, -0.2) is 37.2 Å². The molecule has 8 heteroatoms. The molecule has 1 fully saturated rings. The number of nitrogens with zero attached hydrogens (tertiary/aromatic N) is 2. The minimum Gasteiger partial charge on any atom is -0.378 e. The summed E-state index contributed by atoms with van der Waals surface area (Å²) in [5.41, 5.74) is 0.533. The molecule has 1 N–H and O–H groups in total. The summed E-state index contributed by atoms with van der Waals surface area (Å²) in [5, 5.41) is 2.68. The number of carbonyl (C=O) groups is 1. The van der Waals surface area contributed by atoms with Crippen LogP contribution in [0.15, 0.2) is 30.5 Å². The number of rotatable bonds is 3. The molecule has 0 radical (unpaired) electrons. The number of benzene rings is 1. The van der Waals surface area contributed by atoms with Gasteiger partial charge in [0.05, 0.1) is 34.5 Å². The van der Waals surface area contributed by atoms with Crippen molar-refractivity contribution in [1.29, 1.82) is 0 Å². The lowest BCUT2D eigenvalue weighted by Gasteiger charge is -2.29. The number of nitrogens with one attached hydrogen (secondary N) is 1. The summed E-state index contributed by atoms with van der Waals surface area (Å²) >= 11 is 11.7. The Hall–Kier alpha value is -1.89. The van der Waals surface area contributed by atoms with Crippen molar-refractivity contribution in [2.45, 2.75) is 0 Å². The fraction of sp³-hybridized carbons (Fsp3) is 0.250. The fourth-order valence-electron chi connectivity index (χ4n) is 2.41. The Kier molecular flexibility index (Phi) is 5.18. The second-order valence-corrected chi connectivity index (χ2v) is 5.99. The number of amides is 1. The van der Waals surface area contributed by atoms with Gasteiger partial charge in [-0.1, -0.05) is 23.2 Å². The molecular formula is C16H14Cl2FN3O2. The maximum Gasteiger partial charge on any atom is 0.257 e. The van der Waals surface area contributed by atoms with Gasteiger partial charge in [-0.3, -0.25) is 4.79 Å². The Labute approximate surface area is 148 Å². The lowest BCUT2D eigenvalue weighted by Crippen LogP contribution is -2.37. The Bertz CT molecular complexity index is 767. The fourth-order valence-corrected chi connectivity index (χ4v) is 2.88. The molecule has 0 unspecified atom stereocenters. The van der Waals surface area contributed by atoms with Crippen molar-refractivity contribution in [2.75, 3.05) is 36.5 Å². The van der Waals surface area contributed by atoms with E-state index in [1.165, 1.54) is 6.07 Å². The number of carbonyl (C=O) groups excluding carboxylic acids is 1. The normalized spacial score (nSPS) is 14.5. The number of hydrogen-bond donors (Lipinski definition) is 1. The smallest absolute Gasteiger partial charge is 0.257 e. The summed E-state index contributed by atoms with van der Waals surface area (Å²) in [4.78, 5) is 18.8. The number of morpholine rings is 1. The van der Waals surface area contributed by atoms with E-state index in [1.54, 1.807) is 18.3 Å². The third kappa shape index (κ3) is 3.61. The molecule has 1 aliphatic heterocycles. The molecule has 0 atom stereocenters. The van der Waals surface area contributed by atoms with Gasteiger partial charge in [0, 0.05) is 19.3 Å². The highest BCUT2D eigenvalue weighted by Crippen LogP contribution is 2.27. The third-order valence-electron chi connectivity index (χ3n) is 3.60. The number of aromatic nitrogens is 1. The van der Waals surface area contributed by atoms with Crippen LogP contribution < -0.4 is 10.2 Å². The first kappa shape index (κ1) is 17.0. The van der Waals surface area contributed by atoms with Crippen molar-refractivity contribution < 1.29 is 13.9 Å². The number of hydrogen-bond acceptors (Lipinski definition) is 4. The summed E-state index contributed by atoms with van der Waals surface area (Å²) in [6.07, 6.45) is 1.65. The zero-order valence-corrected chi connectivity index (χ0v) is 14.1. The van der Waals surface area contributed by atoms with Crippen molar-refractivity contribution in [2.24, 2.45) is 0 Å². The minimum atomic E-state index is -0.703. The lowest BCUT2D eigenvalue weighted by atomic mass is 10.2. The van der Waals surface area contributed by atoms with Gasteiger partial charge in [-0.15, -0.1) is 0 Å². The first-order valence-corrected chi connectivity index (χ1v) is 8.05. The molecule has 1 amide bonds. The molecule has 126 valence electrons. The molecule has 2 aromatic rings. The second kappa shape index (κ2) is 7.34. The van der Waals surface area contributed by atoms with Crippen molar-refractivity contribution in [1.82, 2.24) is 4.98 Å². The molecule has 1 aromatic carbocycles. The Morgan fingerprint density at radius 2 is 2.00 bits per heavy atom. The molecular weight excluding hydrogens is 356 g/mol. The largest absolute Gasteiger partial charge is 0.378 e. The highest BCUT2D eigenvalue weighted by Gasteiger charge is 2.19. The lowest BCUT2D eigenvalue weighted by molar-refractivity contribution is 0.102. The van der Waals surface area contributed by atoms with E-state index >= 15 is 0 Å². The van der Waals surface area contributed by atoms with Gasteiger partial charge in [-0.2, -0.15) is 0 Å². The first-order chi connectivity index (χ1) is 11.6. The highest BCUT2D eigenvalue weighted by molar-refractivity contribution is 6.37. The predicted octanol–water partition coefficient (Wildman–Crippen LogP) is 3.62. The van der Waals surface area contributed by atoms with E-state index in [9.17, 15) is 9.18 Å². The number of pyridine rings is 1. The Balaban J connectivity index is 1.86. The van der Waals surface area contributed by atoms with Gasteiger partial charge in [0.15, 0.2) is 5.82 Å². The van der Waals surface area contributed by atoms with Gasteiger partial charge in [0.2, 0.25) is 0 Å². The highest BCUT2D eigenvalue weighted by atomic mass is 35.5. The van der Waals surface area contributed by atoms with Crippen LogP contribution in [0.4, 0.5) is 15.9 Å². The maximum atomic E-state index is 13.6. The van der Waals surface area contributed by atoms with E-state index in [4.69, 9.17) is 27.9 Å². The number of anilines is 2. The molecule has 5 nitrogen and oxygen atoms in total. The van der Waals surface area contributed by atoms with Crippen LogP contribution in [0, 0.1) is 5.82 Å². The molecule has 3 rings (SSSR count). The summed E-state index contributed by atoms with van der Waals surface area (Å²) in [6.45, 7) is 2.54. The second-order valence-electron chi connectivity index (χ2n) is 5.17. The molecule has 24 heavy (non-hydrogen) atoms. The maximum absolute atomic E-state index is 13.6. The van der Waals surface area contributed by atoms with E-state index in [1.807, 2.05) is 4.90 Å². The van der Waals surface area contributed by atoms with Gasteiger partial charge in [-0.25, -0.2) is 9.37 Å². The molecule has 1 aliphatic rings. The van der Waals surface area contributed by atoms with Crippen LogP contribution in [-0.2, 0) is 4.74 Å². The zero-order valence-electron chi connectivity index (χ0n) is 12.6. The topological polar surface area (TPSA) is 54.5 Å². The monoisotopic (exact) mass is 369 g/mol. The summed E-state index contributed by atoms with van der Waals surface area (Å²) in [7, 11) is 0. The Morgan fingerprint density at radius 3 is 2.75 bits per heavy atom. The van der Waals surface area contributed by atoms with Crippen LogP contribution in [0.3, 0.4) is 0 Å². The molecule has 0 spiro atoms. The molecule has 1 saturated heterocycles. The van der Waals surface area contributed by atoms with E-state index in [0.29, 0.717) is 37.8 Å². The summed E-state index contributed by atoms with van der Waals surface area (Å²) in [5.74, 6) is -0.594. The van der Waals surface area contributed by atoms with Crippen molar-refractivity contribution in [3.05, 3.63) is 51.9 Å². The van der Waals surface area contributed by atoms with Crippen LogP contribution in [0.25, 0.3) is 0 Å². The van der Waals surface area contributed by atoms with Gasteiger partial charge in [-0.05, 0) is 24.3 Å².